The second kappa shape index (κ2) is 6.13. The normalized spacial score (nSPS) is 44.5. The second-order valence-corrected chi connectivity index (χ2v) is 7.72. The van der Waals surface area contributed by atoms with Gasteiger partial charge in [-0.05, 0) is 56.9 Å². The summed E-state index contributed by atoms with van der Waals surface area (Å²) in [6.45, 7) is 8.11. The summed E-state index contributed by atoms with van der Waals surface area (Å²) >= 11 is 0. The molecule has 0 aromatic heterocycles. The van der Waals surface area contributed by atoms with Crippen LogP contribution in [0.5, 0.6) is 0 Å². The van der Waals surface area contributed by atoms with Gasteiger partial charge >= 0.3 is 0 Å². The highest BCUT2D eigenvalue weighted by molar-refractivity contribution is 5.00. The molecule has 2 heteroatoms. The molecule has 4 unspecified atom stereocenters. The number of hydrogen-bond donors (Lipinski definition) is 1. The Balaban J connectivity index is 2.14. The van der Waals surface area contributed by atoms with Crippen molar-refractivity contribution in [2.45, 2.75) is 77.3 Å². The number of rotatable bonds is 3. The fourth-order valence-electron chi connectivity index (χ4n) is 5.06. The molecule has 0 amide bonds. The van der Waals surface area contributed by atoms with Gasteiger partial charge in [0, 0.05) is 18.1 Å². The minimum atomic E-state index is 0.271. The van der Waals surface area contributed by atoms with E-state index < -0.39 is 0 Å². The third kappa shape index (κ3) is 3.16. The summed E-state index contributed by atoms with van der Waals surface area (Å²) in [7, 11) is 2.37. The molecule has 0 aromatic rings. The van der Waals surface area contributed by atoms with Crippen LogP contribution < -0.4 is 5.73 Å². The first-order chi connectivity index (χ1) is 8.98. The van der Waals surface area contributed by atoms with E-state index in [9.17, 15) is 0 Å². The molecule has 2 nitrogen and oxygen atoms in total. The van der Waals surface area contributed by atoms with Gasteiger partial charge in [0.1, 0.15) is 0 Å². The molecule has 0 aromatic carbocycles. The third-order valence-corrected chi connectivity index (χ3v) is 5.95. The Kier molecular flexibility index (Phi) is 4.94. The van der Waals surface area contributed by atoms with Gasteiger partial charge in [-0.3, -0.25) is 4.90 Å². The van der Waals surface area contributed by atoms with Crippen LogP contribution in [0.25, 0.3) is 0 Å². The largest absolute Gasteiger partial charge is 0.329 e. The SMILES string of the molecule is CC1CC(C)CC(CN)(N(C)C2CCCCC2C)C1. The topological polar surface area (TPSA) is 29.3 Å². The van der Waals surface area contributed by atoms with E-state index in [2.05, 4.69) is 32.7 Å². The molecule has 0 radical (unpaired) electrons. The Morgan fingerprint density at radius 3 is 2.16 bits per heavy atom. The third-order valence-electron chi connectivity index (χ3n) is 5.95. The molecule has 112 valence electrons. The molecule has 0 aliphatic heterocycles. The zero-order valence-electron chi connectivity index (χ0n) is 13.5. The van der Waals surface area contributed by atoms with Gasteiger partial charge in [0.05, 0.1) is 0 Å². The summed E-state index contributed by atoms with van der Waals surface area (Å²) in [5.41, 5.74) is 6.55. The van der Waals surface area contributed by atoms with Crippen LogP contribution in [0.2, 0.25) is 0 Å². The molecule has 2 saturated carbocycles. The molecule has 0 spiro atoms. The highest BCUT2D eigenvalue weighted by atomic mass is 15.2. The maximum absolute atomic E-state index is 6.27. The van der Waals surface area contributed by atoms with Crippen LogP contribution in [-0.2, 0) is 0 Å². The Bertz CT molecular complexity index is 279. The van der Waals surface area contributed by atoms with Crippen molar-refractivity contribution in [1.29, 1.82) is 0 Å². The lowest BCUT2D eigenvalue weighted by molar-refractivity contribution is -0.0179. The molecule has 2 aliphatic rings. The molecule has 0 bridgehead atoms. The minimum Gasteiger partial charge on any atom is -0.329 e. The zero-order chi connectivity index (χ0) is 14.0. The molecule has 0 heterocycles. The van der Waals surface area contributed by atoms with E-state index in [4.69, 9.17) is 5.73 Å². The van der Waals surface area contributed by atoms with Crippen molar-refractivity contribution in [2.24, 2.45) is 23.5 Å². The first kappa shape index (κ1) is 15.3. The Morgan fingerprint density at radius 1 is 1.05 bits per heavy atom. The fourth-order valence-corrected chi connectivity index (χ4v) is 5.06. The van der Waals surface area contributed by atoms with E-state index in [1.807, 2.05) is 0 Å². The Morgan fingerprint density at radius 2 is 1.63 bits per heavy atom. The summed E-state index contributed by atoms with van der Waals surface area (Å²) in [4.78, 5) is 2.71. The minimum absolute atomic E-state index is 0.271. The molecule has 2 N–H and O–H groups in total. The number of hydrogen-bond acceptors (Lipinski definition) is 2. The van der Waals surface area contributed by atoms with Gasteiger partial charge in [-0.25, -0.2) is 0 Å². The maximum Gasteiger partial charge on any atom is 0.0336 e. The molecule has 19 heavy (non-hydrogen) atoms. The van der Waals surface area contributed by atoms with E-state index in [1.54, 1.807) is 0 Å². The predicted octanol–water partition coefficient (Wildman–Crippen LogP) is 3.65. The number of nitrogens with two attached hydrogens (primary N) is 1. The number of nitrogens with zero attached hydrogens (tertiary/aromatic N) is 1. The first-order valence-corrected chi connectivity index (χ1v) is 8.41. The van der Waals surface area contributed by atoms with Crippen molar-refractivity contribution in [3.8, 4) is 0 Å². The van der Waals surface area contributed by atoms with Crippen molar-refractivity contribution in [3.05, 3.63) is 0 Å². The van der Waals surface area contributed by atoms with E-state index in [0.29, 0.717) is 0 Å². The quantitative estimate of drug-likeness (QED) is 0.845. The smallest absolute Gasteiger partial charge is 0.0336 e. The average molecular weight is 266 g/mol. The standard InChI is InChI=1S/C17H34N2/c1-13-9-14(2)11-17(10-13,12-18)19(4)16-8-6-5-7-15(16)3/h13-16H,5-12,18H2,1-4H3. The zero-order valence-corrected chi connectivity index (χ0v) is 13.5. The molecule has 2 rings (SSSR count). The summed E-state index contributed by atoms with van der Waals surface area (Å²) in [6, 6.07) is 0.759. The lowest BCUT2D eigenvalue weighted by Crippen LogP contribution is -2.60. The molecular weight excluding hydrogens is 232 g/mol. The Hall–Kier alpha value is -0.0800. The average Bonchev–Trinajstić information content (AvgIpc) is 2.37. The van der Waals surface area contributed by atoms with Gasteiger partial charge < -0.3 is 5.73 Å². The summed E-state index contributed by atoms with van der Waals surface area (Å²) in [5, 5.41) is 0. The molecule has 0 saturated heterocycles. The molecule has 4 atom stereocenters. The van der Waals surface area contributed by atoms with Crippen LogP contribution >= 0.6 is 0 Å². The molecule has 2 aliphatic carbocycles. The van der Waals surface area contributed by atoms with Crippen molar-refractivity contribution in [1.82, 2.24) is 4.90 Å². The lowest BCUT2D eigenvalue weighted by Gasteiger charge is -2.53. The van der Waals surface area contributed by atoms with Crippen molar-refractivity contribution in [3.63, 3.8) is 0 Å². The highest BCUT2D eigenvalue weighted by Crippen LogP contribution is 2.42. The van der Waals surface area contributed by atoms with Crippen molar-refractivity contribution >= 4 is 0 Å². The predicted molar refractivity (Wildman–Crippen MR) is 83.1 cm³/mol. The molecular formula is C17H34N2. The van der Waals surface area contributed by atoms with Crippen LogP contribution in [0.15, 0.2) is 0 Å². The van der Waals surface area contributed by atoms with Crippen LogP contribution in [0, 0.1) is 17.8 Å². The van der Waals surface area contributed by atoms with Crippen molar-refractivity contribution in [2.75, 3.05) is 13.6 Å². The maximum atomic E-state index is 6.27. The van der Waals surface area contributed by atoms with E-state index in [1.165, 1.54) is 44.9 Å². The van der Waals surface area contributed by atoms with Crippen LogP contribution in [0.3, 0.4) is 0 Å². The molecule has 2 fully saturated rings. The van der Waals surface area contributed by atoms with Crippen LogP contribution in [0.1, 0.15) is 65.7 Å². The first-order valence-electron chi connectivity index (χ1n) is 8.41. The van der Waals surface area contributed by atoms with E-state index in [-0.39, 0.29) is 5.54 Å². The van der Waals surface area contributed by atoms with Gasteiger partial charge in [-0.1, -0.05) is 33.6 Å². The summed E-state index contributed by atoms with van der Waals surface area (Å²) < 4.78 is 0. The van der Waals surface area contributed by atoms with Gasteiger partial charge in [-0.2, -0.15) is 0 Å². The monoisotopic (exact) mass is 266 g/mol. The van der Waals surface area contributed by atoms with E-state index >= 15 is 0 Å². The summed E-state index contributed by atoms with van der Waals surface area (Å²) in [6.07, 6.45) is 9.60. The van der Waals surface area contributed by atoms with E-state index in [0.717, 1.165) is 30.3 Å². The van der Waals surface area contributed by atoms with Crippen molar-refractivity contribution < 1.29 is 0 Å². The fraction of sp³-hybridized carbons (Fsp3) is 1.00. The summed E-state index contributed by atoms with van der Waals surface area (Å²) in [5.74, 6) is 2.50. The van der Waals surface area contributed by atoms with Gasteiger partial charge in [0.25, 0.3) is 0 Å². The lowest BCUT2D eigenvalue weighted by atomic mass is 9.69. The van der Waals surface area contributed by atoms with Gasteiger partial charge in [0.2, 0.25) is 0 Å². The van der Waals surface area contributed by atoms with Crippen LogP contribution in [0.4, 0.5) is 0 Å². The van der Waals surface area contributed by atoms with Crippen LogP contribution in [-0.4, -0.2) is 30.1 Å². The van der Waals surface area contributed by atoms with Gasteiger partial charge in [-0.15, -0.1) is 0 Å². The Labute approximate surface area is 120 Å². The highest BCUT2D eigenvalue weighted by Gasteiger charge is 2.43. The second-order valence-electron chi connectivity index (χ2n) is 7.72. The number of likely N-dealkylation sites (N-methyl/N-ethyl adjacent to an activating group) is 1. The van der Waals surface area contributed by atoms with Gasteiger partial charge in [0.15, 0.2) is 0 Å².